The lowest BCUT2D eigenvalue weighted by Gasteiger charge is -2.06. The van der Waals surface area contributed by atoms with Gasteiger partial charge in [-0.25, -0.2) is 4.31 Å². The molecule has 1 aliphatic rings. The van der Waals surface area contributed by atoms with Gasteiger partial charge in [0.15, 0.2) is 0 Å². The number of thiol groups is 1. The van der Waals surface area contributed by atoms with Gasteiger partial charge < -0.3 is 0 Å². The second-order valence-corrected chi connectivity index (χ2v) is 2.97. The lowest BCUT2D eigenvalue weighted by atomic mass is 10.1. The molecule has 0 saturated carbocycles. The molecule has 48 valence electrons. The first kappa shape index (κ1) is 6.43. The summed E-state index contributed by atoms with van der Waals surface area (Å²) in [5.41, 5.74) is 0.489. The SMILES string of the molecule is CCC1(CC)CN1S. The Morgan fingerprint density at radius 1 is 1.50 bits per heavy atom. The molecule has 1 unspecified atom stereocenters. The Bertz CT molecular complexity index is 83.0. The third-order valence-electron chi connectivity index (χ3n) is 2.20. The van der Waals surface area contributed by atoms with Crippen LogP contribution in [-0.4, -0.2) is 16.4 Å². The molecule has 0 aromatic carbocycles. The highest BCUT2D eigenvalue weighted by Crippen LogP contribution is 2.39. The molecule has 0 spiro atoms. The van der Waals surface area contributed by atoms with Gasteiger partial charge in [-0.05, 0) is 12.8 Å². The second kappa shape index (κ2) is 1.92. The Kier molecular flexibility index (Phi) is 1.54. The Labute approximate surface area is 56.6 Å². The predicted octanol–water partition coefficient (Wildman–Crippen LogP) is 1.71. The summed E-state index contributed by atoms with van der Waals surface area (Å²) in [7, 11) is 0. The van der Waals surface area contributed by atoms with Gasteiger partial charge in [-0.3, -0.25) is 0 Å². The average molecular weight is 131 g/mol. The summed E-state index contributed by atoms with van der Waals surface area (Å²) in [6.45, 7) is 5.63. The Morgan fingerprint density at radius 3 is 1.88 bits per heavy atom. The van der Waals surface area contributed by atoms with Crippen LogP contribution in [0.3, 0.4) is 0 Å². The normalized spacial score (nSPS) is 32.6. The van der Waals surface area contributed by atoms with Gasteiger partial charge in [0.2, 0.25) is 0 Å². The molecule has 2 heteroatoms. The first-order valence-electron chi connectivity index (χ1n) is 3.21. The molecule has 1 nitrogen and oxygen atoms in total. The third-order valence-corrected chi connectivity index (χ3v) is 2.77. The summed E-state index contributed by atoms with van der Waals surface area (Å²) in [6.07, 6.45) is 2.49. The minimum atomic E-state index is 0.489. The molecule has 1 aliphatic heterocycles. The fourth-order valence-electron chi connectivity index (χ4n) is 1.08. The molecule has 8 heavy (non-hydrogen) atoms. The van der Waals surface area contributed by atoms with Crippen LogP contribution in [-0.2, 0) is 0 Å². The second-order valence-electron chi connectivity index (χ2n) is 2.49. The van der Waals surface area contributed by atoms with E-state index in [2.05, 4.69) is 31.0 Å². The highest BCUT2D eigenvalue weighted by molar-refractivity contribution is 7.78. The van der Waals surface area contributed by atoms with Crippen LogP contribution < -0.4 is 0 Å². The van der Waals surface area contributed by atoms with Crippen molar-refractivity contribution in [3.05, 3.63) is 0 Å². The highest BCUT2D eigenvalue weighted by Gasteiger charge is 2.46. The molecule has 1 fully saturated rings. The van der Waals surface area contributed by atoms with Crippen molar-refractivity contribution in [1.82, 2.24) is 4.31 Å². The zero-order valence-corrected chi connectivity index (χ0v) is 6.41. The first-order chi connectivity index (χ1) is 3.75. The molecular weight excluding hydrogens is 118 g/mol. The van der Waals surface area contributed by atoms with Crippen LogP contribution in [0, 0.1) is 0 Å². The zero-order chi connectivity index (χ0) is 6.20. The van der Waals surface area contributed by atoms with Gasteiger partial charge in [-0.2, -0.15) is 0 Å². The molecule has 0 bridgehead atoms. The largest absolute Gasteiger partial charge is 0.244 e. The molecule has 0 aromatic rings. The molecular formula is C6H13NS. The van der Waals surface area contributed by atoms with Crippen LogP contribution in [0.1, 0.15) is 26.7 Å². The number of rotatable bonds is 2. The van der Waals surface area contributed by atoms with Crippen LogP contribution in [0.2, 0.25) is 0 Å². The lowest BCUT2D eigenvalue weighted by molar-refractivity contribution is 0.518. The molecule has 0 N–H and O–H groups in total. The van der Waals surface area contributed by atoms with Crippen LogP contribution in [0.25, 0.3) is 0 Å². The minimum absolute atomic E-state index is 0.489. The molecule has 1 saturated heterocycles. The standard InChI is InChI=1S/C6H13NS/c1-3-6(4-2)5-7(6)8/h8H,3-5H2,1-2H3. The topological polar surface area (TPSA) is 3.01 Å². The van der Waals surface area contributed by atoms with E-state index in [1.807, 2.05) is 0 Å². The average Bonchev–Trinajstić information content (AvgIpc) is 2.43. The van der Waals surface area contributed by atoms with E-state index in [-0.39, 0.29) is 0 Å². The summed E-state index contributed by atoms with van der Waals surface area (Å²) in [5.74, 6) is 0. The van der Waals surface area contributed by atoms with Gasteiger partial charge in [0.05, 0.1) is 0 Å². The van der Waals surface area contributed by atoms with Crippen molar-refractivity contribution in [2.75, 3.05) is 6.54 Å². The summed E-state index contributed by atoms with van der Waals surface area (Å²) in [5, 5.41) is 0. The molecule has 0 aromatic heterocycles. The van der Waals surface area contributed by atoms with E-state index in [1.54, 1.807) is 0 Å². The number of nitrogens with zero attached hydrogens (tertiary/aromatic N) is 1. The lowest BCUT2D eigenvalue weighted by Crippen LogP contribution is -2.10. The smallest absolute Gasteiger partial charge is 0.0443 e. The molecule has 1 heterocycles. The predicted molar refractivity (Wildman–Crippen MR) is 39.0 cm³/mol. The van der Waals surface area contributed by atoms with Gasteiger partial charge >= 0.3 is 0 Å². The molecule has 0 radical (unpaired) electrons. The van der Waals surface area contributed by atoms with E-state index >= 15 is 0 Å². The summed E-state index contributed by atoms with van der Waals surface area (Å²) >= 11 is 4.25. The highest BCUT2D eigenvalue weighted by atomic mass is 32.1. The fourth-order valence-corrected chi connectivity index (χ4v) is 1.63. The van der Waals surface area contributed by atoms with Crippen molar-refractivity contribution in [2.24, 2.45) is 0 Å². The first-order valence-corrected chi connectivity index (χ1v) is 3.61. The van der Waals surface area contributed by atoms with E-state index in [0.29, 0.717) is 5.54 Å². The van der Waals surface area contributed by atoms with Crippen molar-refractivity contribution in [3.8, 4) is 0 Å². The zero-order valence-electron chi connectivity index (χ0n) is 5.52. The van der Waals surface area contributed by atoms with Gasteiger partial charge in [0.1, 0.15) is 0 Å². The van der Waals surface area contributed by atoms with Gasteiger partial charge in [0.25, 0.3) is 0 Å². The Hall–Kier alpha value is 0.310. The van der Waals surface area contributed by atoms with Crippen molar-refractivity contribution < 1.29 is 0 Å². The van der Waals surface area contributed by atoms with Gasteiger partial charge in [0, 0.05) is 12.1 Å². The van der Waals surface area contributed by atoms with Gasteiger partial charge in [-0.1, -0.05) is 26.7 Å². The molecule has 1 rings (SSSR count). The summed E-state index contributed by atoms with van der Waals surface area (Å²) < 4.78 is 2.12. The minimum Gasteiger partial charge on any atom is -0.244 e. The fraction of sp³-hybridized carbons (Fsp3) is 1.00. The van der Waals surface area contributed by atoms with E-state index in [9.17, 15) is 0 Å². The van der Waals surface area contributed by atoms with Crippen LogP contribution in [0.4, 0.5) is 0 Å². The monoisotopic (exact) mass is 131 g/mol. The number of hydrogen-bond donors (Lipinski definition) is 1. The van der Waals surface area contributed by atoms with E-state index < -0.39 is 0 Å². The summed E-state index contributed by atoms with van der Waals surface area (Å²) in [6, 6.07) is 0. The van der Waals surface area contributed by atoms with Crippen LogP contribution in [0.5, 0.6) is 0 Å². The Morgan fingerprint density at radius 2 is 1.88 bits per heavy atom. The van der Waals surface area contributed by atoms with E-state index in [1.165, 1.54) is 19.4 Å². The third kappa shape index (κ3) is 0.759. The summed E-state index contributed by atoms with van der Waals surface area (Å²) in [4.78, 5) is 0. The van der Waals surface area contributed by atoms with Crippen LogP contribution >= 0.6 is 12.8 Å². The number of hydrogen-bond acceptors (Lipinski definition) is 2. The van der Waals surface area contributed by atoms with E-state index in [0.717, 1.165) is 0 Å². The molecule has 0 aliphatic carbocycles. The maximum Gasteiger partial charge on any atom is 0.0443 e. The van der Waals surface area contributed by atoms with Crippen molar-refractivity contribution >= 4 is 12.8 Å². The van der Waals surface area contributed by atoms with Crippen molar-refractivity contribution in [1.29, 1.82) is 0 Å². The van der Waals surface area contributed by atoms with Gasteiger partial charge in [-0.15, -0.1) is 0 Å². The molecule has 1 atom stereocenters. The van der Waals surface area contributed by atoms with Crippen molar-refractivity contribution in [2.45, 2.75) is 32.2 Å². The van der Waals surface area contributed by atoms with E-state index in [4.69, 9.17) is 0 Å². The quantitative estimate of drug-likeness (QED) is 0.441. The van der Waals surface area contributed by atoms with Crippen LogP contribution in [0.15, 0.2) is 0 Å². The van der Waals surface area contributed by atoms with Crippen molar-refractivity contribution in [3.63, 3.8) is 0 Å². The maximum atomic E-state index is 4.25. The Balaban J connectivity index is 2.39. The molecule has 0 amide bonds. The maximum absolute atomic E-state index is 4.25.